The lowest BCUT2D eigenvalue weighted by molar-refractivity contribution is -0.383. The van der Waals surface area contributed by atoms with E-state index < -0.39 is 16.5 Å². The normalized spacial score (nSPS) is 10.3. The van der Waals surface area contributed by atoms with Gasteiger partial charge in [-0.1, -0.05) is 0 Å². The molecular weight excluding hydrogens is 372 g/mol. The van der Waals surface area contributed by atoms with E-state index in [-0.39, 0.29) is 11.6 Å². The van der Waals surface area contributed by atoms with Crippen LogP contribution in [0.25, 0.3) is 0 Å². The van der Waals surface area contributed by atoms with Crippen LogP contribution < -0.4 is 16.2 Å². The topological polar surface area (TPSA) is 148 Å². The Morgan fingerprint density at radius 2 is 1.89 bits per heavy atom. The Hall–Kier alpha value is -3.67. The number of aromatic nitrogens is 4. The van der Waals surface area contributed by atoms with Crippen molar-refractivity contribution in [2.24, 2.45) is 0 Å². The van der Waals surface area contributed by atoms with E-state index in [1.165, 1.54) is 35.9 Å². The Kier molecular flexibility index (Phi) is 5.17. The van der Waals surface area contributed by atoms with Gasteiger partial charge in [0.1, 0.15) is 6.33 Å². The number of amides is 1. The first kappa shape index (κ1) is 18.1. The monoisotopic (exact) mass is 386 g/mol. The molecule has 0 fully saturated rings. The zero-order valence-electron chi connectivity index (χ0n) is 14.3. The molecule has 3 aromatic heterocycles. The summed E-state index contributed by atoms with van der Waals surface area (Å²) in [6.45, 7) is 3.74. The molecule has 0 atom stereocenters. The maximum absolute atomic E-state index is 12.1. The highest BCUT2D eigenvalue weighted by atomic mass is 32.1. The second kappa shape index (κ2) is 7.70. The quantitative estimate of drug-likeness (QED) is 0.429. The first-order valence-corrected chi connectivity index (χ1v) is 8.44. The van der Waals surface area contributed by atoms with Gasteiger partial charge < -0.3 is 5.32 Å². The summed E-state index contributed by atoms with van der Waals surface area (Å²) in [5.41, 5.74) is 5.57. The number of anilines is 3. The van der Waals surface area contributed by atoms with Gasteiger partial charge in [-0.05, 0) is 26.0 Å². The van der Waals surface area contributed by atoms with Crippen molar-refractivity contribution in [2.45, 2.75) is 13.8 Å². The van der Waals surface area contributed by atoms with Crippen molar-refractivity contribution in [3.05, 3.63) is 57.1 Å². The van der Waals surface area contributed by atoms with Gasteiger partial charge >= 0.3 is 5.69 Å². The van der Waals surface area contributed by atoms with Crippen LogP contribution in [0, 0.1) is 24.0 Å². The van der Waals surface area contributed by atoms with Gasteiger partial charge in [-0.25, -0.2) is 15.0 Å². The van der Waals surface area contributed by atoms with Gasteiger partial charge in [0.2, 0.25) is 11.6 Å². The predicted molar refractivity (Wildman–Crippen MR) is 98.9 cm³/mol. The van der Waals surface area contributed by atoms with Gasteiger partial charge in [-0.3, -0.25) is 30.7 Å². The smallest absolute Gasteiger partial charge is 0.310 e. The molecule has 0 aliphatic heterocycles. The summed E-state index contributed by atoms with van der Waals surface area (Å²) in [7, 11) is 0. The summed E-state index contributed by atoms with van der Waals surface area (Å²) in [5.74, 6) is -0.694. The number of thiazole rings is 1. The van der Waals surface area contributed by atoms with E-state index in [0.29, 0.717) is 10.7 Å². The fourth-order valence-electron chi connectivity index (χ4n) is 2.05. The largest absolute Gasteiger partial charge is 0.355 e. The van der Waals surface area contributed by atoms with E-state index in [0.717, 1.165) is 16.9 Å². The minimum Gasteiger partial charge on any atom is -0.310 e. The first-order valence-electron chi connectivity index (χ1n) is 7.62. The molecule has 0 saturated heterocycles. The number of rotatable bonds is 6. The maximum atomic E-state index is 12.1. The van der Waals surface area contributed by atoms with E-state index in [1.54, 1.807) is 0 Å². The Labute approximate surface area is 157 Å². The molecule has 0 radical (unpaired) electrons. The van der Waals surface area contributed by atoms with Crippen molar-refractivity contribution in [1.29, 1.82) is 0 Å². The summed E-state index contributed by atoms with van der Waals surface area (Å²) in [6, 6.07) is 3.01. The molecule has 1 amide bonds. The van der Waals surface area contributed by atoms with Gasteiger partial charge in [-0.2, -0.15) is 0 Å². The highest BCUT2D eigenvalue weighted by molar-refractivity contribution is 7.15. The molecule has 0 aliphatic rings. The fourth-order valence-corrected chi connectivity index (χ4v) is 2.87. The maximum Gasteiger partial charge on any atom is 0.355 e. The Morgan fingerprint density at radius 3 is 2.52 bits per heavy atom. The second-order valence-corrected chi connectivity index (χ2v) is 6.48. The van der Waals surface area contributed by atoms with Crippen molar-refractivity contribution < 1.29 is 9.72 Å². The van der Waals surface area contributed by atoms with Gasteiger partial charge in [0.25, 0.3) is 5.91 Å². The molecule has 0 bridgehead atoms. The van der Waals surface area contributed by atoms with Crippen LogP contribution in [0.5, 0.6) is 0 Å². The van der Waals surface area contributed by atoms with Crippen LogP contribution in [0.3, 0.4) is 0 Å². The van der Waals surface area contributed by atoms with Crippen molar-refractivity contribution in [2.75, 3.05) is 10.7 Å². The number of nitrogens with zero attached hydrogens (tertiary/aromatic N) is 5. The SMILES string of the molecule is Cc1nc(Nc2ncnc(NNC(=O)c3ccncc3)c2[N+](=O)[O-])sc1C. The number of carbonyl (C=O) groups is 1. The van der Waals surface area contributed by atoms with Crippen LogP contribution in [-0.4, -0.2) is 30.8 Å². The number of carbonyl (C=O) groups excluding carboxylic acids is 1. The second-order valence-electron chi connectivity index (χ2n) is 5.28. The molecule has 138 valence electrons. The molecule has 3 rings (SSSR count). The molecule has 3 heterocycles. The van der Waals surface area contributed by atoms with Crippen molar-refractivity contribution in [3.8, 4) is 0 Å². The Bertz CT molecular complexity index is 972. The third kappa shape index (κ3) is 4.12. The summed E-state index contributed by atoms with van der Waals surface area (Å²) >= 11 is 1.35. The number of nitro groups is 1. The number of pyridine rings is 1. The number of hydrogen-bond donors (Lipinski definition) is 3. The zero-order chi connectivity index (χ0) is 19.4. The highest BCUT2D eigenvalue weighted by Crippen LogP contribution is 2.32. The molecule has 0 aliphatic carbocycles. The van der Waals surface area contributed by atoms with Gasteiger partial charge in [0, 0.05) is 22.8 Å². The third-order valence-corrected chi connectivity index (χ3v) is 4.48. The minimum absolute atomic E-state index is 0.0376. The molecule has 11 nitrogen and oxygen atoms in total. The third-order valence-electron chi connectivity index (χ3n) is 3.50. The van der Waals surface area contributed by atoms with Crippen LogP contribution in [-0.2, 0) is 0 Å². The Balaban J connectivity index is 1.83. The molecule has 0 spiro atoms. The summed E-state index contributed by atoms with van der Waals surface area (Å²) < 4.78 is 0. The van der Waals surface area contributed by atoms with Crippen LogP contribution in [0.2, 0.25) is 0 Å². The molecule has 3 aromatic rings. The van der Waals surface area contributed by atoms with Crippen LogP contribution in [0.1, 0.15) is 20.9 Å². The van der Waals surface area contributed by atoms with Crippen molar-refractivity contribution in [1.82, 2.24) is 25.4 Å². The molecule has 0 aromatic carbocycles. The minimum atomic E-state index is -0.642. The molecule has 3 N–H and O–H groups in total. The summed E-state index contributed by atoms with van der Waals surface area (Å²) in [6.07, 6.45) is 4.06. The number of aryl methyl sites for hydroxylation is 2. The van der Waals surface area contributed by atoms with Crippen molar-refractivity contribution >= 4 is 39.7 Å². The van der Waals surface area contributed by atoms with E-state index in [9.17, 15) is 14.9 Å². The van der Waals surface area contributed by atoms with Crippen LogP contribution in [0.15, 0.2) is 30.9 Å². The van der Waals surface area contributed by atoms with Gasteiger partial charge in [0.15, 0.2) is 5.13 Å². The average molecular weight is 386 g/mol. The lowest BCUT2D eigenvalue weighted by atomic mass is 10.3. The van der Waals surface area contributed by atoms with Gasteiger partial charge in [-0.15, -0.1) is 11.3 Å². The molecule has 12 heteroatoms. The number of nitrogens with one attached hydrogen (secondary N) is 3. The fraction of sp³-hybridized carbons (Fsp3) is 0.133. The molecule has 27 heavy (non-hydrogen) atoms. The summed E-state index contributed by atoms with van der Waals surface area (Å²) in [4.78, 5) is 39.8. The average Bonchev–Trinajstić information content (AvgIpc) is 2.97. The lowest BCUT2D eigenvalue weighted by Crippen LogP contribution is -2.30. The van der Waals surface area contributed by atoms with E-state index in [2.05, 4.69) is 36.1 Å². The molecule has 0 unspecified atom stereocenters. The van der Waals surface area contributed by atoms with Gasteiger partial charge in [0.05, 0.1) is 10.6 Å². The van der Waals surface area contributed by atoms with Crippen LogP contribution >= 0.6 is 11.3 Å². The van der Waals surface area contributed by atoms with E-state index >= 15 is 0 Å². The first-order chi connectivity index (χ1) is 13.0. The van der Waals surface area contributed by atoms with Crippen molar-refractivity contribution in [3.63, 3.8) is 0 Å². The zero-order valence-corrected chi connectivity index (χ0v) is 15.1. The van der Waals surface area contributed by atoms with Crippen LogP contribution in [0.4, 0.5) is 22.5 Å². The standard InChI is InChI=1S/C15H14N8O3S/c1-8-9(2)27-15(19-8)20-12-11(23(25)26)13(18-7-17-12)21-22-14(24)10-3-5-16-6-4-10/h3-7H,1-2H3,(H,22,24)(H2,17,18,19,20,21). The van der Waals surface area contributed by atoms with E-state index in [1.807, 2.05) is 13.8 Å². The predicted octanol–water partition coefficient (Wildman–Crippen LogP) is 2.35. The number of hydrazine groups is 1. The van der Waals surface area contributed by atoms with E-state index in [4.69, 9.17) is 0 Å². The number of hydrogen-bond acceptors (Lipinski definition) is 10. The highest BCUT2D eigenvalue weighted by Gasteiger charge is 2.24. The Morgan fingerprint density at radius 1 is 1.19 bits per heavy atom. The molecular formula is C15H14N8O3S. The summed E-state index contributed by atoms with van der Waals surface area (Å²) in [5, 5.41) is 14.8. The molecule has 0 saturated carbocycles. The lowest BCUT2D eigenvalue weighted by Gasteiger charge is -2.10.